The van der Waals surface area contributed by atoms with Gasteiger partial charge in [-0.05, 0) is 31.2 Å². The minimum Gasteiger partial charge on any atom is -0.268 e. The average Bonchev–Trinajstić information content (AvgIpc) is 2.47. The van der Waals surface area contributed by atoms with Gasteiger partial charge < -0.3 is 0 Å². The van der Waals surface area contributed by atoms with E-state index in [0.29, 0.717) is 10.5 Å². The molecule has 2 aromatic rings. The minimum absolute atomic E-state index is 0.106. The third kappa shape index (κ3) is 2.24. The van der Waals surface area contributed by atoms with Crippen LogP contribution in [0.25, 0.3) is 0 Å². The summed E-state index contributed by atoms with van der Waals surface area (Å²) in [4.78, 5) is 14.2. The molecule has 21 heavy (non-hydrogen) atoms. The fraction of sp³-hybridized carbons (Fsp3) is 0.133. The number of carbonyl (C=O) groups is 1. The summed E-state index contributed by atoms with van der Waals surface area (Å²) < 4.78 is 26.4. The van der Waals surface area contributed by atoms with Gasteiger partial charge in [0.05, 0.1) is 5.56 Å². The molecule has 0 atom stereocenters. The van der Waals surface area contributed by atoms with Gasteiger partial charge in [0.2, 0.25) is 0 Å². The zero-order chi connectivity index (χ0) is 15.0. The zero-order valence-electron chi connectivity index (χ0n) is 11.3. The van der Waals surface area contributed by atoms with Crippen molar-refractivity contribution in [3.63, 3.8) is 0 Å². The topological polar surface area (TPSA) is 54.5 Å². The number of sulfonamides is 1. The lowest BCUT2D eigenvalue weighted by Gasteiger charge is -2.25. The highest BCUT2D eigenvalue weighted by atomic mass is 32.2. The van der Waals surface area contributed by atoms with Crippen molar-refractivity contribution in [2.75, 3.05) is 6.54 Å². The van der Waals surface area contributed by atoms with Crippen LogP contribution in [0.4, 0.5) is 0 Å². The van der Waals surface area contributed by atoms with Crippen LogP contribution >= 0.6 is 11.8 Å². The highest BCUT2D eigenvalue weighted by Gasteiger charge is 2.34. The van der Waals surface area contributed by atoms with Crippen LogP contribution in [0.3, 0.4) is 0 Å². The van der Waals surface area contributed by atoms with E-state index in [2.05, 4.69) is 0 Å². The quantitative estimate of drug-likeness (QED) is 0.811. The summed E-state index contributed by atoms with van der Waals surface area (Å²) in [5.41, 5.74) is 0.419. The molecule has 1 heterocycles. The third-order valence-electron chi connectivity index (χ3n) is 3.27. The van der Waals surface area contributed by atoms with E-state index in [1.165, 1.54) is 11.8 Å². The first kappa shape index (κ1) is 14.2. The number of hydrogen-bond acceptors (Lipinski definition) is 4. The summed E-state index contributed by atoms with van der Waals surface area (Å²) >= 11 is 1.31. The van der Waals surface area contributed by atoms with Crippen molar-refractivity contribution in [2.24, 2.45) is 0 Å². The summed E-state index contributed by atoms with van der Waals surface area (Å²) in [6, 6.07) is 13.8. The predicted octanol–water partition coefficient (Wildman–Crippen LogP) is 3.00. The molecule has 3 rings (SSSR count). The molecule has 1 amide bonds. The predicted molar refractivity (Wildman–Crippen MR) is 80.9 cm³/mol. The smallest absolute Gasteiger partial charge is 0.268 e. The van der Waals surface area contributed by atoms with Crippen LogP contribution in [-0.4, -0.2) is 25.2 Å². The van der Waals surface area contributed by atoms with Gasteiger partial charge in [-0.2, -0.15) is 0 Å². The highest BCUT2D eigenvalue weighted by molar-refractivity contribution is 8.00. The van der Waals surface area contributed by atoms with E-state index in [0.717, 1.165) is 9.20 Å². The fourth-order valence-corrected chi connectivity index (χ4v) is 5.15. The van der Waals surface area contributed by atoms with Gasteiger partial charge in [0.25, 0.3) is 15.9 Å². The fourth-order valence-electron chi connectivity index (χ4n) is 2.27. The van der Waals surface area contributed by atoms with Crippen molar-refractivity contribution in [1.82, 2.24) is 4.31 Å². The van der Waals surface area contributed by atoms with Crippen molar-refractivity contribution in [3.05, 3.63) is 54.1 Å². The van der Waals surface area contributed by atoms with E-state index in [9.17, 15) is 13.2 Å². The molecule has 0 aromatic heterocycles. The number of benzene rings is 2. The van der Waals surface area contributed by atoms with Crippen molar-refractivity contribution in [2.45, 2.75) is 21.6 Å². The standard InChI is InChI=1S/C15H13NO3S2/c1-2-16-15(17)11-7-3-4-8-12(11)20-13-9-5-6-10-14(13)21(16,18)19/h3-10H,2H2,1H3. The first-order valence-corrected chi connectivity index (χ1v) is 8.74. The van der Waals surface area contributed by atoms with E-state index in [4.69, 9.17) is 0 Å². The van der Waals surface area contributed by atoms with Crippen LogP contribution in [0, 0.1) is 0 Å². The molecule has 108 valence electrons. The molecule has 2 aromatic carbocycles. The molecule has 0 N–H and O–H groups in total. The number of carbonyl (C=O) groups excluding carboxylic acids is 1. The zero-order valence-corrected chi connectivity index (χ0v) is 12.9. The number of hydrogen-bond donors (Lipinski definition) is 0. The molecule has 0 fully saturated rings. The second kappa shape index (κ2) is 5.20. The van der Waals surface area contributed by atoms with Crippen molar-refractivity contribution >= 4 is 27.7 Å². The molecule has 0 radical (unpaired) electrons. The molecular weight excluding hydrogens is 306 g/mol. The number of amides is 1. The van der Waals surface area contributed by atoms with E-state index in [-0.39, 0.29) is 11.4 Å². The maximum Gasteiger partial charge on any atom is 0.268 e. The van der Waals surface area contributed by atoms with Crippen LogP contribution in [0.1, 0.15) is 17.3 Å². The molecule has 0 unspecified atom stereocenters. The molecule has 4 nitrogen and oxygen atoms in total. The Morgan fingerprint density at radius 2 is 1.62 bits per heavy atom. The molecule has 6 heteroatoms. The van der Waals surface area contributed by atoms with E-state index < -0.39 is 15.9 Å². The maximum atomic E-state index is 12.7. The van der Waals surface area contributed by atoms with Crippen molar-refractivity contribution in [1.29, 1.82) is 0 Å². The minimum atomic E-state index is -3.82. The molecule has 0 aliphatic carbocycles. The lowest BCUT2D eigenvalue weighted by atomic mass is 10.2. The van der Waals surface area contributed by atoms with Crippen LogP contribution < -0.4 is 0 Å². The van der Waals surface area contributed by atoms with Gasteiger partial charge in [0, 0.05) is 16.3 Å². The molecule has 0 bridgehead atoms. The highest BCUT2D eigenvalue weighted by Crippen LogP contribution is 2.38. The lowest BCUT2D eigenvalue weighted by Crippen LogP contribution is -2.37. The number of rotatable bonds is 1. The van der Waals surface area contributed by atoms with Gasteiger partial charge in [-0.25, -0.2) is 12.7 Å². The van der Waals surface area contributed by atoms with Crippen LogP contribution in [0.5, 0.6) is 0 Å². The molecule has 1 aliphatic heterocycles. The Bertz CT molecular complexity index is 815. The Labute approximate surface area is 127 Å². The lowest BCUT2D eigenvalue weighted by molar-refractivity contribution is 0.0862. The van der Waals surface area contributed by atoms with Crippen LogP contribution in [0.15, 0.2) is 63.2 Å². The number of nitrogens with zero attached hydrogens (tertiary/aromatic N) is 1. The third-order valence-corrected chi connectivity index (χ3v) is 6.47. The van der Waals surface area contributed by atoms with E-state index in [1.807, 2.05) is 12.1 Å². The van der Waals surface area contributed by atoms with Crippen molar-refractivity contribution in [3.8, 4) is 0 Å². The largest absolute Gasteiger partial charge is 0.268 e. The van der Waals surface area contributed by atoms with Gasteiger partial charge in [-0.1, -0.05) is 36.0 Å². The first-order chi connectivity index (χ1) is 10.1. The summed E-state index contributed by atoms with van der Waals surface area (Å²) in [6.07, 6.45) is 0. The van der Waals surface area contributed by atoms with Gasteiger partial charge in [0.1, 0.15) is 4.90 Å². The molecule has 0 spiro atoms. The van der Waals surface area contributed by atoms with Crippen LogP contribution in [-0.2, 0) is 10.0 Å². The Hall–Kier alpha value is -1.79. The first-order valence-electron chi connectivity index (χ1n) is 6.48. The summed E-state index contributed by atoms with van der Waals surface area (Å²) in [5, 5.41) is 0. The second-order valence-corrected chi connectivity index (χ2v) is 7.43. The Kier molecular flexibility index (Phi) is 3.51. The maximum absolute atomic E-state index is 12.7. The number of fused-ring (bicyclic) bond motifs is 2. The molecular formula is C15H13NO3S2. The van der Waals surface area contributed by atoms with Gasteiger partial charge in [0.15, 0.2) is 0 Å². The van der Waals surface area contributed by atoms with Gasteiger partial charge in [-0.15, -0.1) is 0 Å². The molecule has 0 saturated heterocycles. The Morgan fingerprint density at radius 1 is 1.00 bits per heavy atom. The summed E-state index contributed by atoms with van der Waals surface area (Å²) in [6.45, 7) is 1.77. The van der Waals surface area contributed by atoms with E-state index >= 15 is 0 Å². The van der Waals surface area contributed by atoms with Crippen molar-refractivity contribution < 1.29 is 13.2 Å². The normalized spacial score (nSPS) is 16.6. The Balaban J connectivity index is 2.33. The second-order valence-electron chi connectivity index (χ2n) is 4.52. The van der Waals surface area contributed by atoms with E-state index in [1.54, 1.807) is 43.3 Å². The molecule has 0 saturated carbocycles. The van der Waals surface area contributed by atoms with Crippen LogP contribution in [0.2, 0.25) is 0 Å². The average molecular weight is 319 g/mol. The summed E-state index contributed by atoms with van der Waals surface area (Å²) in [5.74, 6) is -0.477. The monoisotopic (exact) mass is 319 g/mol. The SMILES string of the molecule is CCN1C(=O)c2ccccc2Sc2ccccc2S1(=O)=O. The summed E-state index contributed by atoms with van der Waals surface area (Å²) in [7, 11) is -3.82. The van der Waals surface area contributed by atoms with Gasteiger partial charge >= 0.3 is 0 Å². The Morgan fingerprint density at radius 3 is 2.33 bits per heavy atom. The van der Waals surface area contributed by atoms with Gasteiger partial charge in [-0.3, -0.25) is 4.79 Å². The molecule has 1 aliphatic rings.